The standard InChI is InChI=1S/C20H23Cl2NO/c1-4-14(17-10-9-16(21)12-19(17)22)11-20(24)18-8-6-5-7-15(18)13-23(2)3/h5-10,12,14H,4,11,13H2,1-3H3. The molecule has 0 heterocycles. The predicted molar refractivity (Wildman–Crippen MR) is 102 cm³/mol. The molecule has 0 fully saturated rings. The molecule has 2 aromatic carbocycles. The first kappa shape index (κ1) is 19.0. The molecule has 0 aliphatic rings. The van der Waals surface area contributed by atoms with Crippen LogP contribution in [-0.4, -0.2) is 24.8 Å². The highest BCUT2D eigenvalue weighted by Gasteiger charge is 2.20. The molecule has 128 valence electrons. The molecule has 0 aliphatic heterocycles. The van der Waals surface area contributed by atoms with Gasteiger partial charge in [-0.3, -0.25) is 4.79 Å². The molecule has 0 aliphatic carbocycles. The Labute approximate surface area is 154 Å². The number of halogens is 2. The van der Waals surface area contributed by atoms with Gasteiger partial charge >= 0.3 is 0 Å². The maximum Gasteiger partial charge on any atom is 0.163 e. The van der Waals surface area contributed by atoms with Crippen molar-refractivity contribution in [3.8, 4) is 0 Å². The summed E-state index contributed by atoms with van der Waals surface area (Å²) < 4.78 is 0. The van der Waals surface area contributed by atoms with Gasteiger partial charge in [0, 0.05) is 28.6 Å². The van der Waals surface area contributed by atoms with Crippen LogP contribution in [0.3, 0.4) is 0 Å². The normalized spacial score (nSPS) is 12.4. The molecule has 1 unspecified atom stereocenters. The third-order valence-corrected chi connectivity index (χ3v) is 4.69. The van der Waals surface area contributed by atoms with Crippen molar-refractivity contribution in [2.24, 2.45) is 0 Å². The van der Waals surface area contributed by atoms with Gasteiger partial charge in [0.05, 0.1) is 0 Å². The summed E-state index contributed by atoms with van der Waals surface area (Å²) in [5.74, 6) is 0.250. The van der Waals surface area contributed by atoms with Crippen LogP contribution in [0.4, 0.5) is 0 Å². The van der Waals surface area contributed by atoms with Crippen LogP contribution < -0.4 is 0 Å². The minimum absolute atomic E-state index is 0.0923. The van der Waals surface area contributed by atoms with E-state index in [1.165, 1.54) is 0 Å². The molecule has 2 nitrogen and oxygen atoms in total. The number of benzene rings is 2. The largest absolute Gasteiger partial charge is 0.305 e. The minimum Gasteiger partial charge on any atom is -0.305 e. The first-order valence-corrected chi connectivity index (χ1v) is 8.88. The Morgan fingerprint density at radius 3 is 2.46 bits per heavy atom. The summed E-state index contributed by atoms with van der Waals surface area (Å²) in [6.45, 7) is 2.83. The van der Waals surface area contributed by atoms with Crippen LogP contribution in [-0.2, 0) is 6.54 Å². The second-order valence-corrected chi connectivity index (χ2v) is 7.14. The zero-order chi connectivity index (χ0) is 17.7. The summed E-state index contributed by atoms with van der Waals surface area (Å²) >= 11 is 12.3. The molecular formula is C20H23Cl2NO. The van der Waals surface area contributed by atoms with E-state index in [0.717, 1.165) is 29.7 Å². The number of carbonyl (C=O) groups excluding carboxylic acids is 1. The molecule has 1 atom stereocenters. The predicted octanol–water partition coefficient (Wildman–Crippen LogP) is 5.82. The van der Waals surface area contributed by atoms with E-state index in [0.29, 0.717) is 16.5 Å². The molecule has 0 amide bonds. The van der Waals surface area contributed by atoms with Crippen molar-refractivity contribution in [3.05, 3.63) is 69.2 Å². The Kier molecular flexibility index (Phi) is 6.85. The van der Waals surface area contributed by atoms with Gasteiger partial charge in [0.1, 0.15) is 0 Å². The number of carbonyl (C=O) groups is 1. The molecule has 4 heteroatoms. The van der Waals surface area contributed by atoms with Crippen molar-refractivity contribution in [1.82, 2.24) is 4.90 Å². The van der Waals surface area contributed by atoms with Gasteiger partial charge in [-0.05, 0) is 49.7 Å². The molecule has 0 bridgehead atoms. The maximum atomic E-state index is 12.9. The lowest BCUT2D eigenvalue weighted by Gasteiger charge is -2.18. The highest BCUT2D eigenvalue weighted by atomic mass is 35.5. The highest BCUT2D eigenvalue weighted by molar-refractivity contribution is 6.35. The van der Waals surface area contributed by atoms with E-state index in [1.54, 1.807) is 6.07 Å². The van der Waals surface area contributed by atoms with E-state index in [1.807, 2.05) is 50.5 Å². The van der Waals surface area contributed by atoms with Crippen molar-refractivity contribution < 1.29 is 4.79 Å². The molecule has 0 radical (unpaired) electrons. The van der Waals surface area contributed by atoms with Crippen LogP contribution in [0.15, 0.2) is 42.5 Å². The SMILES string of the molecule is CCC(CC(=O)c1ccccc1CN(C)C)c1ccc(Cl)cc1Cl. The Morgan fingerprint density at radius 2 is 1.83 bits per heavy atom. The lowest BCUT2D eigenvalue weighted by atomic mass is 9.88. The third kappa shape index (κ3) is 4.83. The van der Waals surface area contributed by atoms with Gasteiger partial charge in [0.2, 0.25) is 0 Å². The first-order chi connectivity index (χ1) is 11.4. The van der Waals surface area contributed by atoms with E-state index in [4.69, 9.17) is 23.2 Å². The van der Waals surface area contributed by atoms with Crippen LogP contribution in [0.25, 0.3) is 0 Å². The molecule has 0 N–H and O–H groups in total. The summed E-state index contributed by atoms with van der Waals surface area (Å²) in [6, 6.07) is 13.3. The number of nitrogens with zero attached hydrogens (tertiary/aromatic N) is 1. The van der Waals surface area contributed by atoms with E-state index >= 15 is 0 Å². The molecule has 0 saturated heterocycles. The second kappa shape index (κ2) is 8.66. The average Bonchev–Trinajstić information content (AvgIpc) is 2.53. The van der Waals surface area contributed by atoms with E-state index in [2.05, 4.69) is 11.8 Å². The topological polar surface area (TPSA) is 20.3 Å². The van der Waals surface area contributed by atoms with Crippen LogP contribution in [0.5, 0.6) is 0 Å². The summed E-state index contributed by atoms with van der Waals surface area (Å²) in [6.07, 6.45) is 1.30. The molecule has 0 aromatic heterocycles. The quantitative estimate of drug-likeness (QED) is 0.577. The van der Waals surface area contributed by atoms with Crippen molar-refractivity contribution >= 4 is 29.0 Å². The third-order valence-electron chi connectivity index (χ3n) is 4.13. The molecule has 2 rings (SSSR count). The number of ketones is 1. The fourth-order valence-corrected chi connectivity index (χ4v) is 3.47. The minimum atomic E-state index is 0.0923. The molecule has 24 heavy (non-hydrogen) atoms. The van der Waals surface area contributed by atoms with Gasteiger partial charge in [-0.2, -0.15) is 0 Å². The van der Waals surface area contributed by atoms with Crippen molar-refractivity contribution in [3.63, 3.8) is 0 Å². The molecule has 2 aromatic rings. The van der Waals surface area contributed by atoms with Crippen molar-refractivity contribution in [1.29, 1.82) is 0 Å². The monoisotopic (exact) mass is 363 g/mol. The van der Waals surface area contributed by atoms with Gasteiger partial charge < -0.3 is 4.90 Å². The zero-order valence-electron chi connectivity index (χ0n) is 14.4. The Morgan fingerprint density at radius 1 is 1.12 bits per heavy atom. The van der Waals surface area contributed by atoms with Gasteiger partial charge in [-0.15, -0.1) is 0 Å². The second-order valence-electron chi connectivity index (χ2n) is 6.29. The van der Waals surface area contributed by atoms with Crippen molar-refractivity contribution in [2.45, 2.75) is 32.2 Å². The average molecular weight is 364 g/mol. The van der Waals surface area contributed by atoms with E-state index in [-0.39, 0.29) is 11.7 Å². The zero-order valence-corrected chi connectivity index (χ0v) is 15.9. The van der Waals surface area contributed by atoms with Gasteiger partial charge in [0.15, 0.2) is 5.78 Å². The summed E-state index contributed by atoms with van der Waals surface area (Å²) in [4.78, 5) is 14.9. The van der Waals surface area contributed by atoms with Crippen LogP contribution >= 0.6 is 23.2 Å². The van der Waals surface area contributed by atoms with Crippen molar-refractivity contribution in [2.75, 3.05) is 14.1 Å². The van der Waals surface area contributed by atoms with Gasteiger partial charge in [0.25, 0.3) is 0 Å². The summed E-state index contributed by atoms with van der Waals surface area (Å²) in [5, 5.41) is 1.24. The molecule has 0 saturated carbocycles. The molecule has 0 spiro atoms. The summed E-state index contributed by atoms with van der Waals surface area (Å²) in [7, 11) is 4.01. The van der Waals surface area contributed by atoms with Gasteiger partial charge in [-0.1, -0.05) is 60.5 Å². The van der Waals surface area contributed by atoms with Crippen LogP contribution in [0, 0.1) is 0 Å². The number of Topliss-reactive ketones (excluding diaryl/α,β-unsaturated/α-hetero) is 1. The summed E-state index contributed by atoms with van der Waals surface area (Å²) in [5.41, 5.74) is 2.85. The Bertz CT molecular complexity index is 713. The maximum absolute atomic E-state index is 12.9. The van der Waals surface area contributed by atoms with E-state index < -0.39 is 0 Å². The lowest BCUT2D eigenvalue weighted by molar-refractivity contribution is 0.0971. The van der Waals surface area contributed by atoms with E-state index in [9.17, 15) is 4.79 Å². The van der Waals surface area contributed by atoms with Gasteiger partial charge in [-0.25, -0.2) is 0 Å². The first-order valence-electron chi connectivity index (χ1n) is 8.13. The van der Waals surface area contributed by atoms with Crippen LogP contribution in [0.1, 0.15) is 47.2 Å². The van der Waals surface area contributed by atoms with Crippen LogP contribution in [0.2, 0.25) is 10.0 Å². The number of hydrogen-bond acceptors (Lipinski definition) is 2. The smallest absolute Gasteiger partial charge is 0.163 e. The Balaban J connectivity index is 2.24. The number of hydrogen-bond donors (Lipinski definition) is 0. The number of rotatable bonds is 7. The highest BCUT2D eigenvalue weighted by Crippen LogP contribution is 2.33. The Hall–Kier alpha value is -1.35. The fraction of sp³-hybridized carbons (Fsp3) is 0.350. The lowest BCUT2D eigenvalue weighted by Crippen LogP contribution is -2.15. The fourth-order valence-electron chi connectivity index (χ4n) is 2.91. The molecular weight excluding hydrogens is 341 g/mol.